The average molecular weight is 324 g/mol. The van der Waals surface area contributed by atoms with Crippen LogP contribution in [0, 0.1) is 0 Å². The van der Waals surface area contributed by atoms with Crippen molar-refractivity contribution in [1.29, 1.82) is 0 Å². The minimum Gasteiger partial charge on any atom is -0.504 e. The van der Waals surface area contributed by atoms with Gasteiger partial charge in [0.15, 0.2) is 11.5 Å². The summed E-state index contributed by atoms with van der Waals surface area (Å²) >= 11 is 0. The van der Waals surface area contributed by atoms with Gasteiger partial charge in [-0.25, -0.2) is 10.4 Å². The molecule has 3 aromatic rings. The van der Waals surface area contributed by atoms with E-state index in [1.54, 1.807) is 36.7 Å². The summed E-state index contributed by atoms with van der Waals surface area (Å²) in [6.07, 6.45) is 3.06. The number of aromatic nitrogens is 2. The van der Waals surface area contributed by atoms with Gasteiger partial charge in [-0.1, -0.05) is 0 Å². The molecule has 0 bridgehead atoms. The average Bonchev–Trinajstić information content (AvgIpc) is 3.05. The summed E-state index contributed by atoms with van der Waals surface area (Å²) in [5.41, 5.74) is 5.21. The molecular formula is C17H16N4O3. The SMILES string of the molecule is CCOc1cc(/C=N\NC(=O)c2ccc3nc[nH]c3c2)ccc1O. The Hall–Kier alpha value is -3.35. The van der Waals surface area contributed by atoms with Crippen molar-refractivity contribution in [2.24, 2.45) is 5.10 Å². The van der Waals surface area contributed by atoms with Crippen molar-refractivity contribution >= 4 is 23.2 Å². The van der Waals surface area contributed by atoms with Gasteiger partial charge in [0, 0.05) is 5.56 Å². The molecule has 7 heteroatoms. The first-order valence-electron chi connectivity index (χ1n) is 7.39. The van der Waals surface area contributed by atoms with Crippen molar-refractivity contribution in [2.75, 3.05) is 6.61 Å². The predicted molar refractivity (Wildman–Crippen MR) is 90.4 cm³/mol. The molecule has 24 heavy (non-hydrogen) atoms. The Bertz CT molecular complexity index is 902. The molecule has 1 aromatic heterocycles. The van der Waals surface area contributed by atoms with Crippen molar-refractivity contribution < 1.29 is 14.6 Å². The molecule has 3 rings (SSSR count). The smallest absolute Gasteiger partial charge is 0.271 e. The molecule has 2 aromatic carbocycles. The van der Waals surface area contributed by atoms with E-state index in [-0.39, 0.29) is 11.7 Å². The zero-order valence-electron chi connectivity index (χ0n) is 13.0. The van der Waals surface area contributed by atoms with Crippen LogP contribution in [0.4, 0.5) is 0 Å². The zero-order valence-corrected chi connectivity index (χ0v) is 13.0. The monoisotopic (exact) mass is 324 g/mol. The summed E-state index contributed by atoms with van der Waals surface area (Å²) in [6.45, 7) is 2.28. The third kappa shape index (κ3) is 3.35. The fraction of sp³-hybridized carbons (Fsp3) is 0.118. The molecule has 1 heterocycles. The van der Waals surface area contributed by atoms with E-state index < -0.39 is 0 Å². The maximum Gasteiger partial charge on any atom is 0.271 e. The van der Waals surface area contributed by atoms with Crippen LogP contribution in [-0.2, 0) is 0 Å². The van der Waals surface area contributed by atoms with E-state index in [0.29, 0.717) is 23.5 Å². The van der Waals surface area contributed by atoms with Gasteiger partial charge in [-0.2, -0.15) is 5.10 Å². The maximum absolute atomic E-state index is 12.1. The number of fused-ring (bicyclic) bond motifs is 1. The maximum atomic E-state index is 12.1. The minimum absolute atomic E-state index is 0.0610. The Balaban J connectivity index is 1.69. The molecule has 122 valence electrons. The first-order chi connectivity index (χ1) is 11.7. The van der Waals surface area contributed by atoms with Gasteiger partial charge < -0.3 is 14.8 Å². The molecule has 0 aliphatic heterocycles. The number of hydrazone groups is 1. The molecule has 0 fully saturated rings. The number of rotatable bonds is 5. The number of imidazole rings is 1. The Labute approximate surface area is 138 Å². The lowest BCUT2D eigenvalue weighted by molar-refractivity contribution is 0.0955. The Morgan fingerprint density at radius 1 is 1.38 bits per heavy atom. The van der Waals surface area contributed by atoms with E-state index in [4.69, 9.17) is 4.74 Å². The highest BCUT2D eigenvalue weighted by molar-refractivity contribution is 5.97. The summed E-state index contributed by atoms with van der Waals surface area (Å²) in [7, 11) is 0. The fourth-order valence-corrected chi connectivity index (χ4v) is 2.19. The molecule has 0 aliphatic rings. The van der Waals surface area contributed by atoms with E-state index in [1.165, 1.54) is 12.3 Å². The highest BCUT2D eigenvalue weighted by Gasteiger charge is 2.06. The number of H-pyrrole nitrogens is 1. The second-order valence-electron chi connectivity index (χ2n) is 4.99. The van der Waals surface area contributed by atoms with Crippen LogP contribution < -0.4 is 10.2 Å². The van der Waals surface area contributed by atoms with E-state index in [0.717, 1.165) is 11.0 Å². The third-order valence-corrected chi connectivity index (χ3v) is 3.35. The molecule has 0 atom stereocenters. The second-order valence-corrected chi connectivity index (χ2v) is 4.99. The molecule has 0 radical (unpaired) electrons. The number of nitrogens with zero attached hydrogens (tertiary/aromatic N) is 2. The summed E-state index contributed by atoms with van der Waals surface area (Å²) in [5.74, 6) is 0.106. The van der Waals surface area contributed by atoms with Crippen molar-refractivity contribution in [3.63, 3.8) is 0 Å². The number of phenols is 1. The second kappa shape index (κ2) is 6.82. The number of carbonyl (C=O) groups excluding carboxylic acids is 1. The number of amides is 1. The number of benzene rings is 2. The molecule has 0 aliphatic carbocycles. The van der Waals surface area contributed by atoms with Crippen molar-refractivity contribution in [1.82, 2.24) is 15.4 Å². The molecular weight excluding hydrogens is 308 g/mol. The lowest BCUT2D eigenvalue weighted by atomic mass is 10.2. The number of hydrogen-bond donors (Lipinski definition) is 3. The summed E-state index contributed by atoms with van der Waals surface area (Å²) in [4.78, 5) is 19.2. The van der Waals surface area contributed by atoms with E-state index in [2.05, 4.69) is 20.5 Å². The third-order valence-electron chi connectivity index (χ3n) is 3.35. The zero-order chi connectivity index (χ0) is 16.9. The molecule has 0 saturated heterocycles. The lowest BCUT2D eigenvalue weighted by Crippen LogP contribution is -2.17. The Morgan fingerprint density at radius 2 is 2.25 bits per heavy atom. The largest absolute Gasteiger partial charge is 0.504 e. The molecule has 7 nitrogen and oxygen atoms in total. The Kier molecular flexibility index (Phi) is 4.42. The van der Waals surface area contributed by atoms with Gasteiger partial charge in [0.25, 0.3) is 5.91 Å². The van der Waals surface area contributed by atoms with Crippen LogP contribution in [0.25, 0.3) is 11.0 Å². The van der Waals surface area contributed by atoms with Crippen LogP contribution in [-0.4, -0.2) is 33.8 Å². The molecule has 1 amide bonds. The van der Waals surface area contributed by atoms with Crippen LogP contribution in [0.2, 0.25) is 0 Å². The summed E-state index contributed by atoms with van der Waals surface area (Å²) in [5, 5.41) is 13.6. The number of carbonyl (C=O) groups is 1. The van der Waals surface area contributed by atoms with Crippen molar-refractivity contribution in [3.05, 3.63) is 53.9 Å². The highest BCUT2D eigenvalue weighted by Crippen LogP contribution is 2.26. The van der Waals surface area contributed by atoms with Gasteiger partial charge in [-0.05, 0) is 48.9 Å². The molecule has 0 unspecified atom stereocenters. The van der Waals surface area contributed by atoms with Gasteiger partial charge in [0.1, 0.15) is 0 Å². The van der Waals surface area contributed by atoms with Crippen LogP contribution in [0.1, 0.15) is 22.8 Å². The minimum atomic E-state index is -0.327. The van der Waals surface area contributed by atoms with Crippen LogP contribution in [0.3, 0.4) is 0 Å². The van der Waals surface area contributed by atoms with Gasteiger partial charge in [-0.15, -0.1) is 0 Å². The number of aromatic amines is 1. The van der Waals surface area contributed by atoms with Gasteiger partial charge in [0.2, 0.25) is 0 Å². The number of nitrogens with one attached hydrogen (secondary N) is 2. The predicted octanol–water partition coefficient (Wildman–Crippen LogP) is 2.43. The summed E-state index contributed by atoms with van der Waals surface area (Å²) < 4.78 is 5.30. The first-order valence-corrected chi connectivity index (χ1v) is 7.39. The van der Waals surface area contributed by atoms with E-state index >= 15 is 0 Å². The van der Waals surface area contributed by atoms with Gasteiger partial charge >= 0.3 is 0 Å². The standard InChI is InChI=1S/C17H16N4O3/c1-2-24-16-7-11(3-6-15(16)22)9-20-21-17(23)12-4-5-13-14(8-12)19-10-18-13/h3-10,22H,2H2,1H3,(H,18,19)(H,21,23)/b20-9-. The number of aromatic hydroxyl groups is 1. The van der Waals surface area contributed by atoms with Gasteiger partial charge in [0.05, 0.1) is 30.2 Å². The topological polar surface area (TPSA) is 99.6 Å². The Morgan fingerprint density at radius 3 is 3.08 bits per heavy atom. The van der Waals surface area contributed by atoms with Crippen molar-refractivity contribution in [2.45, 2.75) is 6.92 Å². The first kappa shape index (κ1) is 15.5. The van der Waals surface area contributed by atoms with Gasteiger partial charge in [-0.3, -0.25) is 4.79 Å². The van der Waals surface area contributed by atoms with Crippen LogP contribution >= 0.6 is 0 Å². The quantitative estimate of drug-likeness (QED) is 0.496. The van der Waals surface area contributed by atoms with Crippen LogP contribution in [0.5, 0.6) is 11.5 Å². The fourth-order valence-electron chi connectivity index (χ4n) is 2.19. The highest BCUT2D eigenvalue weighted by atomic mass is 16.5. The lowest BCUT2D eigenvalue weighted by Gasteiger charge is -2.06. The number of phenolic OH excluding ortho intramolecular Hbond substituents is 1. The van der Waals surface area contributed by atoms with Crippen molar-refractivity contribution in [3.8, 4) is 11.5 Å². The van der Waals surface area contributed by atoms with Crippen LogP contribution in [0.15, 0.2) is 47.8 Å². The number of hydrogen-bond acceptors (Lipinski definition) is 5. The molecule has 0 spiro atoms. The normalized spacial score (nSPS) is 11.0. The number of ether oxygens (including phenoxy) is 1. The molecule has 0 saturated carbocycles. The van der Waals surface area contributed by atoms with E-state index in [9.17, 15) is 9.90 Å². The van der Waals surface area contributed by atoms with E-state index in [1.807, 2.05) is 6.92 Å². The molecule has 3 N–H and O–H groups in total. The summed E-state index contributed by atoms with van der Waals surface area (Å²) in [6, 6.07) is 9.98.